The molecule has 40 heavy (non-hydrogen) atoms. The number of rotatable bonds is 12. The maximum atomic E-state index is 13.2. The summed E-state index contributed by atoms with van der Waals surface area (Å²) in [4.78, 5) is 39.8. The maximum absolute atomic E-state index is 13.2. The van der Waals surface area contributed by atoms with Crippen LogP contribution in [0, 0.1) is 16.0 Å². The Morgan fingerprint density at radius 1 is 1.23 bits per heavy atom. The molecule has 1 amide bonds. The van der Waals surface area contributed by atoms with Gasteiger partial charge in [0.25, 0.3) is 11.6 Å². The second kappa shape index (κ2) is 13.2. The van der Waals surface area contributed by atoms with E-state index in [-0.39, 0.29) is 42.3 Å². The van der Waals surface area contributed by atoms with E-state index in [1.54, 1.807) is 10.6 Å². The van der Waals surface area contributed by atoms with Crippen LogP contribution in [-0.4, -0.2) is 64.0 Å². The number of nitrogens with zero attached hydrogens (tertiary/aromatic N) is 3. The first-order valence-corrected chi connectivity index (χ1v) is 13.2. The van der Waals surface area contributed by atoms with E-state index in [1.165, 1.54) is 19.1 Å². The van der Waals surface area contributed by atoms with Gasteiger partial charge in [-0.2, -0.15) is 0 Å². The second-order valence-corrected chi connectivity index (χ2v) is 9.36. The summed E-state index contributed by atoms with van der Waals surface area (Å²) in [5, 5.41) is 27.1. The van der Waals surface area contributed by atoms with Crippen LogP contribution >= 0.6 is 0 Å². The van der Waals surface area contributed by atoms with E-state index in [4.69, 9.17) is 9.47 Å². The molecule has 12 heteroatoms. The fourth-order valence-electron chi connectivity index (χ4n) is 4.91. The summed E-state index contributed by atoms with van der Waals surface area (Å²) >= 11 is 0. The molecule has 0 fully saturated rings. The third-order valence-electron chi connectivity index (χ3n) is 6.75. The van der Waals surface area contributed by atoms with Crippen molar-refractivity contribution in [1.82, 2.24) is 14.9 Å². The number of carbonyl (C=O) groups excluding carboxylic acids is 2. The van der Waals surface area contributed by atoms with E-state index in [2.05, 4.69) is 15.6 Å². The summed E-state index contributed by atoms with van der Waals surface area (Å²) < 4.78 is 13.6. The van der Waals surface area contributed by atoms with Crippen LogP contribution in [0.1, 0.15) is 43.0 Å². The van der Waals surface area contributed by atoms with Crippen molar-refractivity contribution in [2.75, 3.05) is 31.6 Å². The number of aromatic nitrogens is 2. The number of fused-ring (bicyclic) bond motifs is 1. The monoisotopic (exact) mass is 551 g/mol. The van der Waals surface area contributed by atoms with Gasteiger partial charge in [-0.1, -0.05) is 18.2 Å². The van der Waals surface area contributed by atoms with Crippen molar-refractivity contribution in [3.05, 3.63) is 76.3 Å². The van der Waals surface area contributed by atoms with Crippen molar-refractivity contribution in [2.24, 2.45) is 5.92 Å². The molecule has 2 aromatic heterocycles. The summed E-state index contributed by atoms with van der Waals surface area (Å²) in [6, 6.07) is 10.4. The molecule has 1 aliphatic rings. The van der Waals surface area contributed by atoms with Crippen LogP contribution in [0.5, 0.6) is 0 Å². The first kappa shape index (κ1) is 28.7. The van der Waals surface area contributed by atoms with Crippen LogP contribution in [0.2, 0.25) is 0 Å². The molecule has 212 valence electrons. The number of hydrogen-bond donors (Lipinski definition) is 3. The molecule has 0 saturated heterocycles. The minimum absolute atomic E-state index is 0.00491. The number of hydrogen-bond acceptors (Lipinski definition) is 9. The van der Waals surface area contributed by atoms with Gasteiger partial charge in [-0.25, -0.2) is 4.98 Å². The van der Waals surface area contributed by atoms with E-state index >= 15 is 0 Å². The van der Waals surface area contributed by atoms with E-state index in [9.17, 15) is 24.8 Å². The molecule has 0 unspecified atom stereocenters. The lowest BCUT2D eigenvalue weighted by Gasteiger charge is -2.36. The molecule has 0 saturated carbocycles. The van der Waals surface area contributed by atoms with Gasteiger partial charge < -0.3 is 25.2 Å². The number of amides is 1. The third-order valence-corrected chi connectivity index (χ3v) is 6.75. The zero-order valence-electron chi connectivity index (χ0n) is 22.4. The van der Waals surface area contributed by atoms with Gasteiger partial charge in [-0.15, -0.1) is 0 Å². The molecule has 1 aromatic carbocycles. The Hall–Kier alpha value is -4.29. The summed E-state index contributed by atoms with van der Waals surface area (Å²) in [6.45, 7) is 4.28. The Balaban J connectivity index is 1.56. The topological polar surface area (TPSA) is 158 Å². The number of aliphatic hydroxyl groups excluding tert-OH is 1. The number of nitro groups is 1. The number of anilines is 1. The first-order chi connectivity index (χ1) is 19.3. The first-order valence-electron chi connectivity index (χ1n) is 13.2. The minimum Gasteiger partial charge on any atom is -0.459 e. The van der Waals surface area contributed by atoms with Gasteiger partial charge in [0, 0.05) is 62.7 Å². The number of carbonyl (C=O) groups is 2. The fourth-order valence-corrected chi connectivity index (χ4v) is 4.91. The minimum atomic E-state index is -0.728. The largest absolute Gasteiger partial charge is 0.459 e. The molecule has 0 spiro atoms. The molecule has 3 atom stereocenters. The third kappa shape index (κ3) is 6.46. The molecule has 4 rings (SSSR count). The molecule has 3 aromatic rings. The highest BCUT2D eigenvalue weighted by Gasteiger charge is 2.39. The van der Waals surface area contributed by atoms with Gasteiger partial charge >= 0.3 is 0 Å². The van der Waals surface area contributed by atoms with E-state index in [0.29, 0.717) is 31.8 Å². The second-order valence-electron chi connectivity index (χ2n) is 9.36. The lowest BCUT2D eigenvalue weighted by molar-refractivity contribution is -0.385. The van der Waals surface area contributed by atoms with Crippen molar-refractivity contribution in [3.63, 3.8) is 0 Å². The lowest BCUT2D eigenvalue weighted by atomic mass is 9.80. The average molecular weight is 552 g/mol. The van der Waals surface area contributed by atoms with Crippen LogP contribution < -0.4 is 10.6 Å². The highest BCUT2D eigenvalue weighted by atomic mass is 16.7. The quantitative estimate of drug-likeness (QED) is 0.174. The van der Waals surface area contributed by atoms with Crippen molar-refractivity contribution < 1.29 is 29.1 Å². The number of allylic oxidation sites excluding steroid dienone is 1. The molecule has 12 nitrogen and oxygen atoms in total. The Kier molecular flexibility index (Phi) is 9.46. The molecule has 1 aliphatic heterocycles. The number of aliphatic hydroxyl groups is 1. The number of ether oxygens (including phenoxy) is 2. The zero-order valence-corrected chi connectivity index (χ0v) is 22.4. The van der Waals surface area contributed by atoms with Gasteiger partial charge in [0.15, 0.2) is 5.76 Å². The standard InChI is InChI=1S/C28H33N5O7/c1-3-39-28-21(8-6-14-34)22(23-17-32(18(2)35)24-9-5-4-7-20(23)24)15-25(40-28)27(36)30-13-12-29-26-11-10-19(16-31-26)33(37)38/h4-5,7,9-11,15-17,21-22,28,34H,3,6,8,12-14H2,1-2H3,(H,29,31)(H,30,36)/t21-,22-,28+/m0/s1. The van der Waals surface area contributed by atoms with E-state index < -0.39 is 17.1 Å². The molecule has 0 aliphatic carbocycles. The highest BCUT2D eigenvalue weighted by molar-refractivity contribution is 5.95. The van der Waals surface area contributed by atoms with Gasteiger partial charge in [-0.05, 0) is 43.5 Å². The smallest absolute Gasteiger partial charge is 0.287 e. The Morgan fingerprint density at radius 2 is 2.02 bits per heavy atom. The number of benzene rings is 1. The van der Waals surface area contributed by atoms with Gasteiger partial charge in [0.05, 0.1) is 10.4 Å². The van der Waals surface area contributed by atoms with Crippen molar-refractivity contribution >= 4 is 34.2 Å². The fraction of sp³-hybridized carbons (Fsp3) is 0.393. The van der Waals surface area contributed by atoms with Crippen LogP contribution in [-0.2, 0) is 14.3 Å². The van der Waals surface area contributed by atoms with Gasteiger partial charge in [-0.3, -0.25) is 24.3 Å². The van der Waals surface area contributed by atoms with Gasteiger partial charge in [0.1, 0.15) is 12.0 Å². The number of para-hydroxylation sites is 1. The summed E-state index contributed by atoms with van der Waals surface area (Å²) in [6.07, 6.45) is 5.12. The van der Waals surface area contributed by atoms with Gasteiger partial charge in [0.2, 0.25) is 12.2 Å². The predicted molar refractivity (Wildman–Crippen MR) is 148 cm³/mol. The zero-order chi connectivity index (χ0) is 28.6. The van der Waals surface area contributed by atoms with Crippen LogP contribution in [0.3, 0.4) is 0 Å². The summed E-state index contributed by atoms with van der Waals surface area (Å²) in [7, 11) is 0. The Labute approximate surface area is 231 Å². The van der Waals surface area contributed by atoms with Crippen molar-refractivity contribution in [2.45, 2.75) is 38.9 Å². The normalized spacial score (nSPS) is 18.6. The highest BCUT2D eigenvalue weighted by Crippen LogP contribution is 2.42. The van der Waals surface area contributed by atoms with Crippen LogP contribution in [0.4, 0.5) is 11.5 Å². The van der Waals surface area contributed by atoms with Crippen molar-refractivity contribution in [3.8, 4) is 0 Å². The van der Waals surface area contributed by atoms with Crippen molar-refractivity contribution in [1.29, 1.82) is 0 Å². The molecular formula is C28H33N5O7. The van der Waals surface area contributed by atoms with Crippen LogP contribution in [0.25, 0.3) is 10.9 Å². The summed E-state index contributed by atoms with van der Waals surface area (Å²) in [5.41, 5.74) is 1.54. The molecule has 3 N–H and O–H groups in total. The Morgan fingerprint density at radius 3 is 2.70 bits per heavy atom. The van der Waals surface area contributed by atoms with E-state index in [1.807, 2.05) is 37.4 Å². The lowest BCUT2D eigenvalue weighted by Crippen LogP contribution is -2.39. The van der Waals surface area contributed by atoms with Crippen LogP contribution in [0.15, 0.2) is 60.6 Å². The number of pyridine rings is 1. The molecule has 0 bridgehead atoms. The Bertz CT molecular complexity index is 1390. The maximum Gasteiger partial charge on any atom is 0.287 e. The molecule has 0 radical (unpaired) electrons. The van der Waals surface area contributed by atoms with E-state index in [0.717, 1.165) is 22.7 Å². The number of nitrogens with one attached hydrogen (secondary N) is 2. The molecule has 3 heterocycles. The molecular weight excluding hydrogens is 518 g/mol. The average Bonchev–Trinajstić information content (AvgIpc) is 3.34. The predicted octanol–water partition coefficient (Wildman–Crippen LogP) is 3.58. The summed E-state index contributed by atoms with van der Waals surface area (Å²) in [5.74, 6) is -0.519. The SMILES string of the molecule is CCO[C@@H]1OC(C(=O)NCCNc2ccc([N+](=O)[O-])cn2)=C[C@H](c2cn(C(C)=O)c3ccccc23)[C@@H]1CCCO.